The summed E-state index contributed by atoms with van der Waals surface area (Å²) in [4.78, 5) is 2.51. The zero-order chi connectivity index (χ0) is 15.4. The van der Waals surface area contributed by atoms with Gasteiger partial charge in [-0.2, -0.15) is 0 Å². The third-order valence-electron chi connectivity index (χ3n) is 4.97. The molecule has 0 aliphatic carbocycles. The minimum absolute atomic E-state index is 0.155. The van der Waals surface area contributed by atoms with Gasteiger partial charge in [-0.1, -0.05) is 12.1 Å². The van der Waals surface area contributed by atoms with Gasteiger partial charge in [0.25, 0.3) is 0 Å². The van der Waals surface area contributed by atoms with Crippen LogP contribution in [0.1, 0.15) is 31.2 Å². The van der Waals surface area contributed by atoms with Gasteiger partial charge >= 0.3 is 0 Å². The number of nitrogens with two attached hydrogens (primary N) is 1. The lowest BCUT2D eigenvalue weighted by Gasteiger charge is -2.38. The summed E-state index contributed by atoms with van der Waals surface area (Å²) >= 11 is 0. The van der Waals surface area contributed by atoms with Gasteiger partial charge < -0.3 is 15.4 Å². The Labute approximate surface area is 132 Å². The quantitative estimate of drug-likeness (QED) is 0.929. The highest BCUT2D eigenvalue weighted by atomic mass is 19.1. The minimum Gasteiger partial charge on any atom is -0.375 e. The van der Waals surface area contributed by atoms with Crippen LogP contribution in [0.2, 0.25) is 0 Å². The Kier molecular flexibility index (Phi) is 5.45. The Bertz CT molecular complexity index is 465. The van der Waals surface area contributed by atoms with Crippen LogP contribution in [0.3, 0.4) is 0 Å². The first-order chi connectivity index (χ1) is 10.7. The Morgan fingerprint density at radius 3 is 2.77 bits per heavy atom. The van der Waals surface area contributed by atoms with E-state index < -0.39 is 0 Å². The second-order valence-electron chi connectivity index (χ2n) is 6.81. The molecule has 2 heterocycles. The molecule has 2 N–H and O–H groups in total. The van der Waals surface area contributed by atoms with E-state index in [0.29, 0.717) is 5.92 Å². The Hall–Kier alpha value is -0.970. The van der Waals surface area contributed by atoms with Crippen molar-refractivity contribution in [1.29, 1.82) is 0 Å². The third-order valence-corrected chi connectivity index (χ3v) is 4.97. The summed E-state index contributed by atoms with van der Waals surface area (Å²) in [6.07, 6.45) is 5.88. The van der Waals surface area contributed by atoms with Gasteiger partial charge in [0.1, 0.15) is 5.82 Å². The zero-order valence-electron chi connectivity index (χ0n) is 13.2. The predicted octanol–water partition coefficient (Wildman–Crippen LogP) is 2.59. The van der Waals surface area contributed by atoms with Crippen molar-refractivity contribution in [2.24, 2.45) is 11.7 Å². The van der Waals surface area contributed by atoms with E-state index in [1.807, 2.05) is 12.1 Å². The van der Waals surface area contributed by atoms with Crippen molar-refractivity contribution >= 4 is 0 Å². The summed E-state index contributed by atoms with van der Waals surface area (Å²) in [7, 11) is 0. The van der Waals surface area contributed by atoms with Gasteiger partial charge in [0.2, 0.25) is 0 Å². The molecule has 2 fully saturated rings. The number of hydrogen-bond acceptors (Lipinski definition) is 3. The van der Waals surface area contributed by atoms with Crippen molar-refractivity contribution < 1.29 is 9.13 Å². The summed E-state index contributed by atoms with van der Waals surface area (Å²) in [5, 5.41) is 0. The number of piperidine rings is 1. The standard InChI is InChI=1S/C18H27FN2O/c19-16-7-5-14(6-8-16)11-15-3-1-9-21(12-15)13-18-17(20)4-2-10-22-18/h5-8,15,17-18H,1-4,9-13,20H2. The van der Waals surface area contributed by atoms with Crippen molar-refractivity contribution in [2.45, 2.75) is 44.2 Å². The number of benzene rings is 1. The van der Waals surface area contributed by atoms with Gasteiger partial charge in [-0.05, 0) is 62.3 Å². The lowest BCUT2D eigenvalue weighted by molar-refractivity contribution is -0.0248. The van der Waals surface area contributed by atoms with Gasteiger partial charge in [0, 0.05) is 25.7 Å². The van der Waals surface area contributed by atoms with E-state index in [0.717, 1.165) is 45.5 Å². The fourth-order valence-electron chi connectivity index (χ4n) is 3.74. The second kappa shape index (κ2) is 7.53. The summed E-state index contributed by atoms with van der Waals surface area (Å²) in [5.74, 6) is 0.497. The molecule has 3 nitrogen and oxygen atoms in total. The molecule has 0 bridgehead atoms. The first kappa shape index (κ1) is 15.9. The molecule has 0 aromatic heterocycles. The van der Waals surface area contributed by atoms with Crippen LogP contribution in [-0.4, -0.2) is 43.3 Å². The van der Waals surface area contributed by atoms with E-state index in [-0.39, 0.29) is 18.0 Å². The SMILES string of the molecule is NC1CCCOC1CN1CCCC(Cc2ccc(F)cc2)C1. The fourth-order valence-corrected chi connectivity index (χ4v) is 3.74. The number of nitrogens with zero attached hydrogens (tertiary/aromatic N) is 1. The van der Waals surface area contributed by atoms with Crippen LogP contribution in [0.15, 0.2) is 24.3 Å². The average Bonchev–Trinajstić information content (AvgIpc) is 2.52. The van der Waals surface area contributed by atoms with Crippen LogP contribution in [0.4, 0.5) is 4.39 Å². The predicted molar refractivity (Wildman–Crippen MR) is 86.2 cm³/mol. The Morgan fingerprint density at radius 1 is 1.18 bits per heavy atom. The van der Waals surface area contributed by atoms with Gasteiger partial charge in [-0.25, -0.2) is 4.39 Å². The maximum atomic E-state index is 13.0. The minimum atomic E-state index is -0.155. The van der Waals surface area contributed by atoms with E-state index in [9.17, 15) is 4.39 Å². The molecule has 3 atom stereocenters. The number of rotatable bonds is 4. The van der Waals surface area contributed by atoms with E-state index in [1.54, 1.807) is 12.1 Å². The van der Waals surface area contributed by atoms with Crippen LogP contribution < -0.4 is 5.73 Å². The number of ether oxygens (including phenoxy) is 1. The average molecular weight is 306 g/mol. The molecule has 3 unspecified atom stereocenters. The van der Waals surface area contributed by atoms with Crippen molar-refractivity contribution in [1.82, 2.24) is 4.90 Å². The molecule has 2 aliphatic heterocycles. The highest BCUT2D eigenvalue weighted by Crippen LogP contribution is 2.23. The molecule has 0 radical (unpaired) electrons. The van der Waals surface area contributed by atoms with Crippen LogP contribution in [-0.2, 0) is 11.2 Å². The molecule has 0 spiro atoms. The lowest BCUT2D eigenvalue weighted by atomic mass is 9.90. The molecule has 122 valence electrons. The molecule has 3 rings (SSSR count). The van der Waals surface area contributed by atoms with Crippen molar-refractivity contribution in [3.8, 4) is 0 Å². The van der Waals surface area contributed by atoms with Gasteiger partial charge in [-0.15, -0.1) is 0 Å². The monoisotopic (exact) mass is 306 g/mol. The van der Waals surface area contributed by atoms with Crippen LogP contribution in [0.5, 0.6) is 0 Å². The first-order valence-corrected chi connectivity index (χ1v) is 8.54. The Balaban J connectivity index is 1.51. The summed E-state index contributed by atoms with van der Waals surface area (Å²) < 4.78 is 18.8. The smallest absolute Gasteiger partial charge is 0.123 e. The molecular weight excluding hydrogens is 279 g/mol. The summed E-state index contributed by atoms with van der Waals surface area (Å²) in [6, 6.07) is 7.13. The zero-order valence-corrected chi connectivity index (χ0v) is 13.2. The van der Waals surface area contributed by atoms with Crippen molar-refractivity contribution in [3.05, 3.63) is 35.6 Å². The van der Waals surface area contributed by atoms with Crippen LogP contribution in [0, 0.1) is 11.7 Å². The van der Waals surface area contributed by atoms with Gasteiger partial charge in [0.15, 0.2) is 0 Å². The molecule has 1 aromatic rings. The topological polar surface area (TPSA) is 38.5 Å². The molecule has 0 amide bonds. The molecule has 22 heavy (non-hydrogen) atoms. The molecule has 1 aromatic carbocycles. The van der Waals surface area contributed by atoms with Crippen molar-refractivity contribution in [2.75, 3.05) is 26.2 Å². The molecule has 2 saturated heterocycles. The van der Waals surface area contributed by atoms with Crippen LogP contribution in [0.25, 0.3) is 0 Å². The largest absolute Gasteiger partial charge is 0.375 e. The molecular formula is C18H27FN2O. The maximum absolute atomic E-state index is 13.0. The third kappa shape index (κ3) is 4.28. The van der Waals surface area contributed by atoms with Gasteiger partial charge in [-0.3, -0.25) is 0 Å². The van der Waals surface area contributed by atoms with E-state index >= 15 is 0 Å². The highest BCUT2D eigenvalue weighted by molar-refractivity contribution is 5.16. The Morgan fingerprint density at radius 2 is 2.00 bits per heavy atom. The lowest BCUT2D eigenvalue weighted by Crippen LogP contribution is -2.49. The molecule has 4 heteroatoms. The second-order valence-corrected chi connectivity index (χ2v) is 6.81. The van der Waals surface area contributed by atoms with Gasteiger partial charge in [0.05, 0.1) is 6.10 Å². The van der Waals surface area contributed by atoms with E-state index in [2.05, 4.69) is 4.90 Å². The number of likely N-dealkylation sites (tertiary alicyclic amines) is 1. The van der Waals surface area contributed by atoms with Crippen LogP contribution >= 0.6 is 0 Å². The number of hydrogen-bond donors (Lipinski definition) is 1. The van der Waals surface area contributed by atoms with E-state index in [4.69, 9.17) is 10.5 Å². The van der Waals surface area contributed by atoms with Crippen molar-refractivity contribution in [3.63, 3.8) is 0 Å². The fraction of sp³-hybridized carbons (Fsp3) is 0.667. The summed E-state index contributed by atoms with van der Waals surface area (Å²) in [5.41, 5.74) is 7.42. The molecule has 2 aliphatic rings. The highest BCUT2D eigenvalue weighted by Gasteiger charge is 2.27. The molecule has 0 saturated carbocycles. The normalized spacial score (nSPS) is 30.4. The van der Waals surface area contributed by atoms with E-state index in [1.165, 1.54) is 18.4 Å². The summed E-state index contributed by atoms with van der Waals surface area (Å²) in [6.45, 7) is 4.06. The first-order valence-electron chi connectivity index (χ1n) is 8.54. The number of halogens is 1. The maximum Gasteiger partial charge on any atom is 0.123 e.